The summed E-state index contributed by atoms with van der Waals surface area (Å²) >= 11 is 0. The number of carbonyl (C=O) groups is 3. The van der Waals surface area contributed by atoms with Gasteiger partial charge in [0.2, 0.25) is 11.8 Å². The number of piperidine rings is 2. The first-order valence-corrected chi connectivity index (χ1v) is 10.8. The van der Waals surface area contributed by atoms with Gasteiger partial charge in [-0.05, 0) is 48.8 Å². The Morgan fingerprint density at radius 1 is 1.17 bits per heavy atom. The average molecular weight is 396 g/mol. The van der Waals surface area contributed by atoms with Crippen molar-refractivity contribution in [3.8, 4) is 0 Å². The number of fused-ring (bicyclic) bond motifs is 3. The van der Waals surface area contributed by atoms with Gasteiger partial charge in [-0.25, -0.2) is 0 Å². The average Bonchev–Trinajstić information content (AvgIpc) is 3.25. The lowest BCUT2D eigenvalue weighted by Gasteiger charge is -2.36. The molecule has 2 bridgehead atoms. The predicted octanol–water partition coefficient (Wildman–Crippen LogP) is 1.07. The van der Waals surface area contributed by atoms with Gasteiger partial charge in [0.05, 0.1) is 0 Å². The molecule has 4 aliphatic rings. The molecule has 5 unspecified atom stereocenters. The van der Waals surface area contributed by atoms with Gasteiger partial charge in [0, 0.05) is 43.2 Å². The summed E-state index contributed by atoms with van der Waals surface area (Å²) in [4.78, 5) is 38.0. The Morgan fingerprint density at radius 2 is 2.03 bits per heavy atom. The fourth-order valence-corrected chi connectivity index (χ4v) is 5.51. The van der Waals surface area contributed by atoms with Crippen LogP contribution in [-0.2, 0) is 22.7 Å². The molecule has 29 heavy (non-hydrogen) atoms. The molecule has 0 spiro atoms. The monoisotopic (exact) mass is 396 g/mol. The number of nitrogens with zero attached hydrogens (tertiary/aromatic N) is 1. The van der Waals surface area contributed by atoms with Crippen molar-refractivity contribution < 1.29 is 14.4 Å². The molecule has 3 fully saturated rings. The van der Waals surface area contributed by atoms with E-state index in [4.69, 9.17) is 0 Å². The van der Waals surface area contributed by atoms with Crippen molar-refractivity contribution in [2.75, 3.05) is 0 Å². The van der Waals surface area contributed by atoms with E-state index in [2.05, 4.69) is 28.9 Å². The Morgan fingerprint density at radius 3 is 2.86 bits per heavy atom. The molecule has 3 N–H and O–H groups in total. The van der Waals surface area contributed by atoms with Crippen molar-refractivity contribution in [1.82, 2.24) is 20.9 Å². The molecular formula is C22H28N4O3. The number of benzene rings is 1. The first kappa shape index (κ1) is 18.8. The van der Waals surface area contributed by atoms with Crippen LogP contribution in [-0.4, -0.2) is 46.8 Å². The quantitative estimate of drug-likeness (QED) is 0.663. The molecule has 3 amide bonds. The van der Waals surface area contributed by atoms with Crippen molar-refractivity contribution in [3.63, 3.8) is 0 Å². The lowest BCUT2D eigenvalue weighted by atomic mass is 9.88. The van der Waals surface area contributed by atoms with Gasteiger partial charge < -0.3 is 15.5 Å². The summed E-state index contributed by atoms with van der Waals surface area (Å²) in [5.74, 6) is -0.117. The minimum absolute atomic E-state index is 0.113. The molecule has 7 heteroatoms. The second-order valence-corrected chi connectivity index (χ2v) is 9.02. The summed E-state index contributed by atoms with van der Waals surface area (Å²) in [6, 6.07) is 7.23. The molecule has 0 aromatic heterocycles. The molecule has 7 nitrogen and oxygen atoms in total. The number of carbonyl (C=O) groups excluding carboxylic acids is 3. The molecule has 154 valence electrons. The molecule has 5 atom stereocenters. The van der Waals surface area contributed by atoms with Gasteiger partial charge in [0.1, 0.15) is 6.04 Å². The fourth-order valence-electron chi connectivity index (χ4n) is 5.51. The molecule has 4 aliphatic heterocycles. The molecule has 0 radical (unpaired) electrons. The normalized spacial score (nSPS) is 33.8. The number of hydrogen-bond acceptors (Lipinski definition) is 5. The van der Waals surface area contributed by atoms with Gasteiger partial charge in [0.15, 0.2) is 0 Å². The molecular weight excluding hydrogens is 368 g/mol. The maximum Gasteiger partial charge on any atom is 0.255 e. The second-order valence-electron chi connectivity index (χ2n) is 9.02. The van der Waals surface area contributed by atoms with Crippen LogP contribution in [0.5, 0.6) is 0 Å². The molecule has 1 aromatic rings. The van der Waals surface area contributed by atoms with Crippen molar-refractivity contribution in [2.45, 2.75) is 76.3 Å². The second kappa shape index (κ2) is 7.22. The summed E-state index contributed by atoms with van der Waals surface area (Å²) in [6.45, 7) is 3.55. The van der Waals surface area contributed by atoms with E-state index < -0.39 is 6.04 Å². The number of hydrogen-bond donors (Lipinski definition) is 3. The first-order chi connectivity index (χ1) is 14.0. The smallest absolute Gasteiger partial charge is 0.255 e. The Balaban J connectivity index is 1.25. The Kier molecular flexibility index (Phi) is 4.67. The highest BCUT2D eigenvalue weighted by Gasteiger charge is 2.40. The zero-order valence-electron chi connectivity index (χ0n) is 16.7. The Bertz CT molecular complexity index is 870. The van der Waals surface area contributed by atoms with Crippen molar-refractivity contribution in [3.05, 3.63) is 34.9 Å². The Labute approximate surface area is 170 Å². The number of imide groups is 1. The fraction of sp³-hybridized carbons (Fsp3) is 0.591. The third-order valence-electron chi connectivity index (χ3n) is 7.24. The third-order valence-corrected chi connectivity index (χ3v) is 7.24. The summed E-state index contributed by atoms with van der Waals surface area (Å²) in [5.41, 5.74) is 2.81. The van der Waals surface area contributed by atoms with Gasteiger partial charge in [-0.3, -0.25) is 19.7 Å². The van der Waals surface area contributed by atoms with Crippen molar-refractivity contribution in [2.24, 2.45) is 5.92 Å². The molecule has 0 saturated carbocycles. The predicted molar refractivity (Wildman–Crippen MR) is 107 cm³/mol. The lowest BCUT2D eigenvalue weighted by Crippen LogP contribution is -2.52. The van der Waals surface area contributed by atoms with Crippen LogP contribution in [0.4, 0.5) is 0 Å². The lowest BCUT2D eigenvalue weighted by molar-refractivity contribution is -0.136. The summed E-state index contributed by atoms with van der Waals surface area (Å²) in [7, 11) is 0. The van der Waals surface area contributed by atoms with Gasteiger partial charge >= 0.3 is 0 Å². The highest BCUT2D eigenvalue weighted by atomic mass is 16.2. The highest BCUT2D eigenvalue weighted by Crippen LogP contribution is 2.32. The maximum atomic E-state index is 12.8. The van der Waals surface area contributed by atoms with Crippen LogP contribution in [0.1, 0.15) is 60.5 Å². The van der Waals surface area contributed by atoms with E-state index in [0.29, 0.717) is 42.6 Å². The minimum Gasteiger partial charge on any atom is -0.322 e. The van der Waals surface area contributed by atoms with Crippen LogP contribution in [0, 0.1) is 5.92 Å². The summed E-state index contributed by atoms with van der Waals surface area (Å²) < 4.78 is 0. The molecule has 4 heterocycles. The van der Waals surface area contributed by atoms with Gasteiger partial charge in [-0.1, -0.05) is 19.1 Å². The number of nitrogens with one attached hydrogen (secondary N) is 3. The highest BCUT2D eigenvalue weighted by molar-refractivity contribution is 6.05. The van der Waals surface area contributed by atoms with E-state index in [1.165, 1.54) is 24.8 Å². The zero-order valence-corrected chi connectivity index (χ0v) is 16.7. The van der Waals surface area contributed by atoms with E-state index in [1.54, 1.807) is 4.90 Å². The summed E-state index contributed by atoms with van der Waals surface area (Å²) in [6.07, 6.45) is 4.41. The van der Waals surface area contributed by atoms with Crippen LogP contribution < -0.4 is 16.0 Å². The van der Waals surface area contributed by atoms with Crippen molar-refractivity contribution >= 4 is 17.7 Å². The zero-order chi connectivity index (χ0) is 20.1. The van der Waals surface area contributed by atoms with E-state index in [0.717, 1.165) is 12.1 Å². The van der Waals surface area contributed by atoms with Crippen LogP contribution in [0.15, 0.2) is 18.2 Å². The molecule has 0 aliphatic carbocycles. The molecule has 1 aromatic carbocycles. The van der Waals surface area contributed by atoms with E-state index in [-0.39, 0.29) is 24.1 Å². The Hall–Kier alpha value is -2.25. The topological polar surface area (TPSA) is 90.5 Å². The largest absolute Gasteiger partial charge is 0.322 e. The van der Waals surface area contributed by atoms with E-state index in [1.807, 2.05) is 12.1 Å². The molecule has 3 saturated heterocycles. The minimum atomic E-state index is -0.555. The van der Waals surface area contributed by atoms with Gasteiger partial charge in [-0.2, -0.15) is 0 Å². The van der Waals surface area contributed by atoms with Crippen LogP contribution in [0.3, 0.4) is 0 Å². The first-order valence-electron chi connectivity index (χ1n) is 10.8. The van der Waals surface area contributed by atoms with Crippen molar-refractivity contribution in [1.29, 1.82) is 0 Å². The summed E-state index contributed by atoms with van der Waals surface area (Å²) in [5, 5.41) is 9.80. The number of amides is 3. The maximum absolute atomic E-state index is 12.8. The van der Waals surface area contributed by atoms with Gasteiger partial charge in [0.25, 0.3) is 5.91 Å². The van der Waals surface area contributed by atoms with E-state index >= 15 is 0 Å². The SMILES string of the molecule is CC1C(NCc2ccc3c(c2)CN(C2CCC(=O)NC2=O)C3=O)CC2CCC1N2. The third kappa shape index (κ3) is 3.36. The van der Waals surface area contributed by atoms with Crippen LogP contribution in [0.25, 0.3) is 0 Å². The molecule has 5 rings (SSSR count). The van der Waals surface area contributed by atoms with E-state index in [9.17, 15) is 14.4 Å². The van der Waals surface area contributed by atoms with Crippen LogP contribution in [0.2, 0.25) is 0 Å². The standard InChI is InChI=1S/C22H28N4O3/c1-12-17-5-3-15(24-17)9-18(12)23-10-13-2-4-16-14(8-13)11-26(22(16)29)19-6-7-20(27)25-21(19)28/h2,4,8,12,15,17-19,23-24H,3,5-7,9-11H2,1H3,(H,25,27,28). The van der Waals surface area contributed by atoms with Gasteiger partial charge in [-0.15, -0.1) is 0 Å². The number of rotatable bonds is 4. The van der Waals surface area contributed by atoms with Crippen LogP contribution >= 0.6 is 0 Å².